The number of anilines is 1. The number of hydrogen-bond donors (Lipinski definition) is 1. The van der Waals surface area contributed by atoms with Crippen LogP contribution in [0.3, 0.4) is 0 Å². The lowest BCUT2D eigenvalue weighted by molar-refractivity contribution is -0.123. The van der Waals surface area contributed by atoms with Gasteiger partial charge in [-0.1, -0.05) is 32.0 Å². The lowest BCUT2D eigenvalue weighted by Crippen LogP contribution is -2.42. The molecule has 5 heteroatoms. The number of nitrogens with one attached hydrogen (secondary N) is 1. The quantitative estimate of drug-likeness (QED) is 0.876. The molecule has 1 saturated heterocycles. The number of hydrogen-bond acceptors (Lipinski definition) is 3. The summed E-state index contributed by atoms with van der Waals surface area (Å²) >= 11 is 0. The van der Waals surface area contributed by atoms with E-state index in [2.05, 4.69) is 19.2 Å². The average Bonchev–Trinajstić information content (AvgIpc) is 3.03. The number of amides is 2. The van der Waals surface area contributed by atoms with Crippen molar-refractivity contribution in [1.82, 2.24) is 5.32 Å². The zero-order chi connectivity index (χ0) is 16.8. The lowest BCUT2D eigenvalue weighted by atomic mass is 10.0. The second-order valence-corrected chi connectivity index (χ2v) is 6.26. The Morgan fingerprint density at radius 1 is 1.35 bits per heavy atom. The number of para-hydroxylation sites is 1. The van der Waals surface area contributed by atoms with Gasteiger partial charge in [0.15, 0.2) is 0 Å². The summed E-state index contributed by atoms with van der Waals surface area (Å²) in [5.74, 6) is -0.0115. The first-order chi connectivity index (χ1) is 11.0. The molecule has 23 heavy (non-hydrogen) atoms. The molecule has 1 atom stereocenters. The normalized spacial score (nSPS) is 17.3. The van der Waals surface area contributed by atoms with Crippen molar-refractivity contribution in [3.8, 4) is 0 Å². The van der Waals surface area contributed by atoms with Gasteiger partial charge in [-0.2, -0.15) is 0 Å². The highest BCUT2D eigenvalue weighted by molar-refractivity contribution is 5.98. The van der Waals surface area contributed by atoms with Gasteiger partial charge in [-0.25, -0.2) is 0 Å². The molecule has 0 radical (unpaired) electrons. The summed E-state index contributed by atoms with van der Waals surface area (Å²) in [4.78, 5) is 25.8. The van der Waals surface area contributed by atoms with E-state index in [1.54, 1.807) is 4.90 Å². The molecule has 1 aromatic carbocycles. The topological polar surface area (TPSA) is 58.6 Å². The van der Waals surface area contributed by atoms with Gasteiger partial charge in [0.05, 0.1) is 6.10 Å². The van der Waals surface area contributed by atoms with Crippen molar-refractivity contribution < 1.29 is 14.3 Å². The smallest absolute Gasteiger partial charge is 0.240 e. The molecule has 0 bridgehead atoms. The van der Waals surface area contributed by atoms with Crippen LogP contribution in [-0.4, -0.2) is 37.6 Å². The zero-order valence-electron chi connectivity index (χ0n) is 14.2. The predicted octanol–water partition coefficient (Wildman–Crippen LogP) is 2.46. The molecule has 2 rings (SSSR count). The van der Waals surface area contributed by atoms with Crippen LogP contribution in [-0.2, 0) is 14.3 Å². The van der Waals surface area contributed by atoms with Gasteiger partial charge in [0, 0.05) is 25.8 Å². The van der Waals surface area contributed by atoms with Gasteiger partial charge >= 0.3 is 0 Å². The predicted molar refractivity (Wildman–Crippen MR) is 90.5 cm³/mol. The van der Waals surface area contributed by atoms with Crippen molar-refractivity contribution in [2.75, 3.05) is 24.6 Å². The number of ether oxygens (including phenoxy) is 1. The van der Waals surface area contributed by atoms with Gasteiger partial charge in [-0.05, 0) is 30.4 Å². The van der Waals surface area contributed by atoms with E-state index in [0.717, 1.165) is 30.7 Å². The summed E-state index contributed by atoms with van der Waals surface area (Å²) < 4.78 is 5.50. The van der Waals surface area contributed by atoms with Gasteiger partial charge in [0.25, 0.3) is 0 Å². The number of carbonyl (C=O) groups excluding carboxylic acids is 2. The van der Waals surface area contributed by atoms with E-state index in [4.69, 9.17) is 4.74 Å². The maximum atomic E-state index is 12.2. The highest BCUT2D eigenvalue weighted by atomic mass is 16.5. The van der Waals surface area contributed by atoms with E-state index in [1.165, 1.54) is 6.92 Å². The molecule has 0 aromatic heterocycles. The highest BCUT2D eigenvalue weighted by Gasteiger charge is 2.21. The van der Waals surface area contributed by atoms with Crippen LogP contribution in [0.5, 0.6) is 0 Å². The van der Waals surface area contributed by atoms with Crippen LogP contribution in [0.4, 0.5) is 5.69 Å². The van der Waals surface area contributed by atoms with E-state index in [9.17, 15) is 9.59 Å². The van der Waals surface area contributed by atoms with E-state index in [-0.39, 0.29) is 30.4 Å². The molecule has 5 nitrogen and oxygen atoms in total. The number of nitrogens with zero attached hydrogens (tertiary/aromatic N) is 1. The molecule has 126 valence electrons. The standard InChI is InChI=1S/C18H26N2O3/c1-13(2)16-8-4-5-9-17(16)20(14(3)21)12-18(22)19-11-15-7-6-10-23-15/h4-5,8-9,13,15H,6-7,10-12H2,1-3H3,(H,19,22). The first-order valence-corrected chi connectivity index (χ1v) is 8.24. The highest BCUT2D eigenvalue weighted by Crippen LogP contribution is 2.27. The van der Waals surface area contributed by atoms with E-state index in [1.807, 2.05) is 24.3 Å². The van der Waals surface area contributed by atoms with Crippen LogP contribution in [0, 0.1) is 0 Å². The third-order valence-electron chi connectivity index (χ3n) is 4.08. The van der Waals surface area contributed by atoms with E-state index >= 15 is 0 Å². The third-order valence-corrected chi connectivity index (χ3v) is 4.08. The Hall–Kier alpha value is -1.88. The van der Waals surface area contributed by atoms with E-state index in [0.29, 0.717) is 6.54 Å². The first kappa shape index (κ1) is 17.5. The van der Waals surface area contributed by atoms with Crippen molar-refractivity contribution in [3.63, 3.8) is 0 Å². The molecule has 1 aliphatic heterocycles. The fourth-order valence-corrected chi connectivity index (χ4v) is 2.82. The van der Waals surface area contributed by atoms with Gasteiger partial charge in [0.2, 0.25) is 11.8 Å². The fraction of sp³-hybridized carbons (Fsp3) is 0.556. The maximum Gasteiger partial charge on any atom is 0.240 e. The first-order valence-electron chi connectivity index (χ1n) is 8.24. The summed E-state index contributed by atoms with van der Waals surface area (Å²) in [6.45, 7) is 6.96. The van der Waals surface area contributed by atoms with Crippen LogP contribution < -0.4 is 10.2 Å². The summed E-state index contributed by atoms with van der Waals surface area (Å²) in [5, 5.41) is 2.87. The minimum atomic E-state index is -0.158. The van der Waals surface area contributed by atoms with Gasteiger partial charge < -0.3 is 15.0 Å². The van der Waals surface area contributed by atoms with Crippen molar-refractivity contribution in [2.24, 2.45) is 0 Å². The fourth-order valence-electron chi connectivity index (χ4n) is 2.82. The van der Waals surface area contributed by atoms with Crippen LogP contribution in [0.1, 0.15) is 45.1 Å². The Balaban J connectivity index is 2.04. The van der Waals surface area contributed by atoms with Crippen molar-refractivity contribution in [3.05, 3.63) is 29.8 Å². The summed E-state index contributed by atoms with van der Waals surface area (Å²) in [5.41, 5.74) is 1.87. The molecule has 1 heterocycles. The molecule has 1 N–H and O–H groups in total. The van der Waals surface area contributed by atoms with Gasteiger partial charge in [-0.15, -0.1) is 0 Å². The van der Waals surface area contributed by atoms with E-state index < -0.39 is 0 Å². The SMILES string of the molecule is CC(=O)N(CC(=O)NCC1CCCO1)c1ccccc1C(C)C. The molecule has 0 aliphatic carbocycles. The molecular weight excluding hydrogens is 292 g/mol. The minimum Gasteiger partial charge on any atom is -0.376 e. The third kappa shape index (κ3) is 4.79. The second-order valence-electron chi connectivity index (χ2n) is 6.26. The number of carbonyl (C=O) groups is 2. The van der Waals surface area contributed by atoms with Crippen molar-refractivity contribution >= 4 is 17.5 Å². The molecule has 1 unspecified atom stereocenters. The minimum absolute atomic E-state index is 0.0335. The molecule has 1 fully saturated rings. The summed E-state index contributed by atoms with van der Waals surface area (Å²) in [6.07, 6.45) is 2.13. The Morgan fingerprint density at radius 2 is 2.09 bits per heavy atom. The number of rotatable bonds is 6. The summed E-state index contributed by atoms with van der Waals surface area (Å²) in [7, 11) is 0. The average molecular weight is 318 g/mol. The molecule has 0 spiro atoms. The molecular formula is C18H26N2O3. The zero-order valence-corrected chi connectivity index (χ0v) is 14.2. The van der Waals surface area contributed by atoms with Gasteiger partial charge in [-0.3, -0.25) is 9.59 Å². The lowest BCUT2D eigenvalue weighted by Gasteiger charge is -2.25. The van der Waals surface area contributed by atoms with Crippen LogP contribution in [0.15, 0.2) is 24.3 Å². The van der Waals surface area contributed by atoms with Gasteiger partial charge in [0.1, 0.15) is 6.54 Å². The molecule has 0 saturated carbocycles. The van der Waals surface area contributed by atoms with Crippen LogP contribution in [0.2, 0.25) is 0 Å². The molecule has 1 aliphatic rings. The molecule has 2 amide bonds. The maximum absolute atomic E-state index is 12.2. The van der Waals surface area contributed by atoms with Crippen molar-refractivity contribution in [1.29, 1.82) is 0 Å². The number of benzene rings is 1. The molecule has 1 aromatic rings. The van der Waals surface area contributed by atoms with Crippen molar-refractivity contribution in [2.45, 2.75) is 45.6 Å². The van der Waals surface area contributed by atoms with Crippen LogP contribution >= 0.6 is 0 Å². The Morgan fingerprint density at radius 3 is 2.70 bits per heavy atom. The largest absolute Gasteiger partial charge is 0.376 e. The Bertz CT molecular complexity index is 551. The van der Waals surface area contributed by atoms with Crippen LogP contribution in [0.25, 0.3) is 0 Å². The Labute approximate surface area is 138 Å². The monoisotopic (exact) mass is 318 g/mol. The second kappa shape index (κ2) is 8.11. The summed E-state index contributed by atoms with van der Waals surface area (Å²) in [6, 6.07) is 7.74. The Kier molecular flexibility index (Phi) is 6.16.